The predicted molar refractivity (Wildman–Crippen MR) is 263 cm³/mol. The Morgan fingerprint density at radius 1 is 0.843 bits per heavy atom. The molecule has 5 aromatic rings. The van der Waals surface area contributed by atoms with Crippen molar-refractivity contribution in [1.82, 2.24) is 30.6 Å². The van der Waals surface area contributed by atoms with E-state index in [1.54, 1.807) is 6.92 Å². The molecule has 0 spiro atoms. The predicted octanol–water partition coefficient (Wildman–Crippen LogP) is 6.94. The van der Waals surface area contributed by atoms with Crippen LogP contribution in [0, 0.1) is 5.41 Å². The average Bonchev–Trinajstić information content (AvgIpc) is 3.94. The number of H-pyrrole nitrogens is 1. The number of aliphatic imine (C=N–C) groups is 1. The number of anilines is 1. The van der Waals surface area contributed by atoms with Crippen LogP contribution in [0.5, 0.6) is 5.88 Å². The third kappa shape index (κ3) is 14.4. The molecule has 0 saturated carbocycles. The minimum atomic E-state index is -0.867. The number of amides is 2. The molecule has 2 aliphatic rings. The number of hydrogen-bond donors (Lipinski definition) is 5. The molecule has 0 aliphatic heterocycles. The van der Waals surface area contributed by atoms with Crippen molar-refractivity contribution in [1.29, 1.82) is 0 Å². The smallest absolute Gasteiger partial charge is 0.407 e. The fourth-order valence-corrected chi connectivity index (χ4v) is 8.57. The Morgan fingerprint density at radius 3 is 2.14 bits per heavy atom. The van der Waals surface area contributed by atoms with Crippen molar-refractivity contribution in [2.45, 2.75) is 78.0 Å². The monoisotopic (exact) mass is 960 g/mol. The lowest BCUT2D eigenvalue weighted by atomic mass is 9.76. The molecule has 18 nitrogen and oxygen atoms in total. The van der Waals surface area contributed by atoms with Gasteiger partial charge in [-0.1, -0.05) is 86.6 Å². The number of aromatic amines is 1. The van der Waals surface area contributed by atoms with E-state index in [1.165, 1.54) is 6.33 Å². The van der Waals surface area contributed by atoms with Gasteiger partial charge in [0.2, 0.25) is 17.7 Å². The minimum absolute atomic E-state index is 0.0797. The molecule has 2 amide bonds. The van der Waals surface area contributed by atoms with E-state index in [2.05, 4.69) is 59.8 Å². The number of aliphatic hydroxyl groups is 1. The normalized spacial score (nSPS) is 14.9. The molecule has 0 bridgehead atoms. The zero-order valence-corrected chi connectivity index (χ0v) is 40.2. The van der Waals surface area contributed by atoms with Gasteiger partial charge in [0.1, 0.15) is 30.5 Å². The van der Waals surface area contributed by atoms with Crippen LogP contribution in [0.2, 0.25) is 0 Å². The lowest BCUT2D eigenvalue weighted by Gasteiger charge is -2.29. The highest BCUT2D eigenvalue weighted by molar-refractivity contribution is 6.22. The number of Topliss-reactive ketones (excluding diaryl/α,β-unsaturated/α-hetero) is 1. The van der Waals surface area contributed by atoms with Gasteiger partial charge in [-0.15, -0.1) is 0 Å². The van der Waals surface area contributed by atoms with Gasteiger partial charge >= 0.3 is 6.09 Å². The maximum absolute atomic E-state index is 13.5. The van der Waals surface area contributed by atoms with Crippen LogP contribution < -0.4 is 21.1 Å². The molecule has 1 unspecified atom stereocenters. The third-order valence-corrected chi connectivity index (χ3v) is 12.0. The molecule has 7 rings (SSSR count). The summed E-state index contributed by atoms with van der Waals surface area (Å²) in [5.41, 5.74) is 13.7. The van der Waals surface area contributed by atoms with Gasteiger partial charge in [-0.2, -0.15) is 9.97 Å². The lowest BCUT2D eigenvalue weighted by molar-refractivity contribution is -0.123. The van der Waals surface area contributed by atoms with Gasteiger partial charge < -0.3 is 54.9 Å². The first-order valence-electron chi connectivity index (χ1n) is 23.8. The summed E-state index contributed by atoms with van der Waals surface area (Å²) in [4.78, 5) is 59.4. The highest BCUT2D eigenvalue weighted by atomic mass is 16.6. The van der Waals surface area contributed by atoms with E-state index in [-0.39, 0.29) is 54.5 Å². The van der Waals surface area contributed by atoms with Gasteiger partial charge in [0.15, 0.2) is 11.4 Å². The Labute approximate surface area is 407 Å². The van der Waals surface area contributed by atoms with Crippen molar-refractivity contribution < 1.29 is 47.9 Å². The summed E-state index contributed by atoms with van der Waals surface area (Å²) in [6.07, 6.45) is 3.09. The summed E-state index contributed by atoms with van der Waals surface area (Å²) >= 11 is 0. The molecule has 372 valence electrons. The Balaban J connectivity index is 0.761. The van der Waals surface area contributed by atoms with Gasteiger partial charge in [-0.25, -0.2) is 9.78 Å². The molecule has 3 aromatic carbocycles. The van der Waals surface area contributed by atoms with Crippen molar-refractivity contribution in [3.8, 4) is 17.0 Å². The number of aliphatic hydroxyl groups excluding tert-OH is 1. The van der Waals surface area contributed by atoms with Crippen LogP contribution >= 0.6 is 0 Å². The van der Waals surface area contributed by atoms with Crippen LogP contribution in [0.1, 0.15) is 81.0 Å². The summed E-state index contributed by atoms with van der Waals surface area (Å²) in [5, 5.41) is 16.3. The Hall–Kier alpha value is -6.73. The van der Waals surface area contributed by atoms with Gasteiger partial charge in [0.25, 0.3) is 0 Å². The second-order valence-electron chi connectivity index (χ2n) is 18.0. The molecule has 2 aliphatic carbocycles. The minimum Gasteiger partial charge on any atom is -0.511 e. The van der Waals surface area contributed by atoms with Crippen molar-refractivity contribution in [3.63, 3.8) is 0 Å². The van der Waals surface area contributed by atoms with Crippen LogP contribution in [0.3, 0.4) is 0 Å². The summed E-state index contributed by atoms with van der Waals surface area (Å²) in [6, 6.07) is 23.2. The van der Waals surface area contributed by atoms with Gasteiger partial charge in [0.05, 0.1) is 64.8 Å². The highest BCUT2D eigenvalue weighted by Crippen LogP contribution is 2.44. The van der Waals surface area contributed by atoms with Gasteiger partial charge in [-0.05, 0) is 65.0 Å². The molecule has 1 atom stereocenters. The first-order chi connectivity index (χ1) is 34.0. The summed E-state index contributed by atoms with van der Waals surface area (Å²) in [5.74, 6) is -0.0695. The number of ether oxygens (including phenoxy) is 6. The number of allylic oxidation sites excluding steroid dienone is 2. The van der Waals surface area contributed by atoms with Crippen LogP contribution in [-0.2, 0) is 46.5 Å². The maximum Gasteiger partial charge on any atom is 0.407 e. The Kier molecular flexibility index (Phi) is 18.4. The molecule has 2 aromatic heterocycles. The van der Waals surface area contributed by atoms with Crippen molar-refractivity contribution in [2.24, 2.45) is 10.4 Å². The van der Waals surface area contributed by atoms with E-state index in [4.69, 9.17) is 34.2 Å². The number of benzene rings is 3. The van der Waals surface area contributed by atoms with Crippen molar-refractivity contribution in [2.75, 3.05) is 71.7 Å². The van der Waals surface area contributed by atoms with Crippen LogP contribution in [-0.4, -0.2) is 121 Å². The van der Waals surface area contributed by atoms with E-state index in [0.29, 0.717) is 120 Å². The number of hydrogen-bond acceptors (Lipinski definition) is 15. The molecular formula is C52H64N8O10. The standard InChI is InChI=1S/C52H64N8O10/c1-34(45-43(61)28-52(2,3)29-44(45)62)54-19-9-8-14-42(58-51(64)70-32-41-39-12-6-4-10-37(39)38-11-5-7-13-40(38)41)48(63)55-20-21-65-22-23-66-24-25-67-26-27-68-30-35-15-17-36(18-16-35)31-69-49-46-47(57-33-56-46)59-50(53)60-49/h4-7,10-13,15-18,33,41-42,61H,8-9,14,19-32H2,1-3H3,(H,55,63)(H,58,64)(H3,53,56,57,59,60). The SMILES string of the molecule is CC(=NCCCCC(NC(=O)OCC1c2ccccc2-c2ccccc21)C(=O)NCCOCCOCCOCCOCc1ccc(COc2nc(N)nc3nc[nH]c23)cc1)C1=C(O)CC(C)(C)CC1=O. The zero-order valence-electron chi connectivity index (χ0n) is 40.2. The van der Waals surface area contributed by atoms with Crippen LogP contribution in [0.25, 0.3) is 22.3 Å². The number of ketones is 1. The topological polar surface area (TPSA) is 244 Å². The highest BCUT2D eigenvalue weighted by Gasteiger charge is 2.34. The average molecular weight is 961 g/mol. The number of alkyl carbamates (subject to hydrolysis) is 1. The van der Waals surface area contributed by atoms with Gasteiger partial charge in [0, 0.05) is 37.6 Å². The molecular weight excluding hydrogens is 897 g/mol. The first-order valence-corrected chi connectivity index (χ1v) is 23.8. The molecule has 6 N–H and O–H groups in total. The summed E-state index contributed by atoms with van der Waals surface area (Å²) in [6.45, 7) is 9.71. The number of nitrogens with two attached hydrogens (primary N) is 1. The number of aromatic nitrogens is 4. The molecule has 0 saturated heterocycles. The lowest BCUT2D eigenvalue weighted by Crippen LogP contribution is -2.47. The molecule has 70 heavy (non-hydrogen) atoms. The molecule has 2 heterocycles. The van der Waals surface area contributed by atoms with E-state index < -0.39 is 12.1 Å². The number of unbranched alkanes of at least 4 members (excludes halogenated alkanes) is 1. The maximum atomic E-state index is 13.5. The van der Waals surface area contributed by atoms with Crippen LogP contribution in [0.15, 0.2) is 95.4 Å². The second-order valence-corrected chi connectivity index (χ2v) is 18.0. The third-order valence-electron chi connectivity index (χ3n) is 12.0. The fourth-order valence-electron chi connectivity index (χ4n) is 8.57. The number of nitrogen functional groups attached to an aromatic ring is 1. The largest absolute Gasteiger partial charge is 0.511 e. The van der Waals surface area contributed by atoms with Gasteiger partial charge in [-0.3, -0.25) is 14.6 Å². The molecule has 0 fully saturated rings. The number of rotatable bonds is 27. The van der Waals surface area contributed by atoms with Crippen molar-refractivity contribution >= 4 is 40.6 Å². The Morgan fingerprint density at radius 2 is 1.47 bits per heavy atom. The summed E-state index contributed by atoms with van der Waals surface area (Å²) in [7, 11) is 0. The van der Waals surface area contributed by atoms with Crippen molar-refractivity contribution in [3.05, 3.63) is 113 Å². The summed E-state index contributed by atoms with van der Waals surface area (Å²) < 4.78 is 34.3. The first kappa shape index (κ1) is 51.1. The van der Waals surface area contributed by atoms with E-state index >= 15 is 0 Å². The number of nitrogens with one attached hydrogen (secondary N) is 3. The number of carbonyl (C=O) groups is 3. The molecule has 18 heteroatoms. The number of carbonyl (C=O) groups excluding carboxylic acids is 3. The van der Waals surface area contributed by atoms with E-state index in [1.807, 2.05) is 62.4 Å². The quantitative estimate of drug-likeness (QED) is 0.0265. The number of fused-ring (bicyclic) bond motifs is 4. The molecule has 0 radical (unpaired) electrons. The zero-order chi connectivity index (χ0) is 49.3. The second kappa shape index (κ2) is 25.2. The number of imidazole rings is 1. The van der Waals surface area contributed by atoms with E-state index in [0.717, 1.165) is 33.4 Å². The fraction of sp³-hybridized carbons (Fsp3) is 0.442. The van der Waals surface area contributed by atoms with E-state index in [9.17, 15) is 19.5 Å². The Bertz CT molecular complexity index is 2570. The number of nitrogens with zero attached hydrogens (tertiary/aromatic N) is 4. The van der Waals surface area contributed by atoms with Crippen LogP contribution in [0.4, 0.5) is 10.7 Å².